The van der Waals surface area contributed by atoms with Crippen LogP contribution in [-0.4, -0.2) is 20.1 Å². The molecule has 0 unspecified atom stereocenters. The van der Waals surface area contributed by atoms with Crippen molar-refractivity contribution in [2.75, 3.05) is 7.11 Å². The number of aryl methyl sites for hydroxylation is 1. The molecule has 0 aromatic heterocycles. The first-order chi connectivity index (χ1) is 13.4. The summed E-state index contributed by atoms with van der Waals surface area (Å²) in [6.45, 7) is 2.56. The molecule has 0 atom stereocenters. The van der Waals surface area contributed by atoms with Crippen LogP contribution in [0.25, 0.3) is 11.1 Å². The van der Waals surface area contributed by atoms with Gasteiger partial charge in [-0.2, -0.15) is 8.42 Å². The van der Waals surface area contributed by atoms with Crippen molar-refractivity contribution in [2.45, 2.75) is 24.8 Å². The summed E-state index contributed by atoms with van der Waals surface area (Å²) in [4.78, 5) is -0.198. The molecule has 3 aromatic carbocycles. The normalized spacial score (nSPS) is 11.2. The number of rotatable bonds is 7. The molecule has 1 N–H and O–H groups in total. The number of methoxy groups -OCH3 is 1. The predicted octanol–water partition coefficient (Wildman–Crippen LogP) is 4.75. The molecule has 0 heterocycles. The molecule has 0 saturated carbocycles. The Morgan fingerprint density at radius 2 is 1.46 bits per heavy atom. The molecular formula is C22H22O5S. The van der Waals surface area contributed by atoms with Crippen molar-refractivity contribution in [3.05, 3.63) is 77.9 Å². The Bertz CT molecular complexity index is 1040. The fourth-order valence-corrected chi connectivity index (χ4v) is 3.58. The first kappa shape index (κ1) is 19.9. The summed E-state index contributed by atoms with van der Waals surface area (Å²) in [6.07, 6.45) is 1.000. The largest absolute Gasteiger partial charge is 0.497 e. The molecule has 0 radical (unpaired) electrons. The molecule has 3 aromatic rings. The Kier molecular flexibility index (Phi) is 6.02. The van der Waals surface area contributed by atoms with Crippen molar-refractivity contribution in [1.82, 2.24) is 0 Å². The van der Waals surface area contributed by atoms with Crippen LogP contribution in [0.2, 0.25) is 0 Å². The second kappa shape index (κ2) is 8.46. The Labute approximate surface area is 165 Å². The number of hydrogen-bond donors (Lipinski definition) is 1. The van der Waals surface area contributed by atoms with E-state index < -0.39 is 10.1 Å². The van der Waals surface area contributed by atoms with E-state index in [1.807, 2.05) is 12.1 Å². The van der Waals surface area contributed by atoms with Crippen LogP contribution in [0.3, 0.4) is 0 Å². The third kappa shape index (κ3) is 4.71. The van der Waals surface area contributed by atoms with Crippen LogP contribution in [-0.2, 0) is 23.1 Å². The molecule has 0 bridgehead atoms. The van der Waals surface area contributed by atoms with Crippen molar-refractivity contribution < 1.29 is 22.4 Å². The van der Waals surface area contributed by atoms with Gasteiger partial charge in [-0.15, -0.1) is 0 Å². The summed E-state index contributed by atoms with van der Waals surface area (Å²) in [6, 6.07) is 19.9. The second-order valence-electron chi connectivity index (χ2n) is 6.32. The first-order valence-corrected chi connectivity index (χ1v) is 10.3. The molecule has 0 amide bonds. The fourth-order valence-electron chi connectivity index (χ4n) is 2.85. The van der Waals surface area contributed by atoms with Gasteiger partial charge in [-0.25, -0.2) is 0 Å². The van der Waals surface area contributed by atoms with Gasteiger partial charge in [-0.05, 0) is 47.4 Å². The van der Waals surface area contributed by atoms with Crippen LogP contribution in [0.1, 0.15) is 18.1 Å². The third-order valence-electron chi connectivity index (χ3n) is 4.47. The molecule has 28 heavy (non-hydrogen) atoms. The zero-order chi connectivity index (χ0) is 20.1. The van der Waals surface area contributed by atoms with Gasteiger partial charge >= 0.3 is 0 Å². The molecule has 0 saturated heterocycles. The fraction of sp³-hybridized carbons (Fsp3) is 0.182. The van der Waals surface area contributed by atoms with E-state index in [0.29, 0.717) is 29.2 Å². The van der Waals surface area contributed by atoms with Crippen molar-refractivity contribution >= 4 is 10.1 Å². The molecule has 6 heteroatoms. The monoisotopic (exact) mass is 398 g/mol. The van der Waals surface area contributed by atoms with E-state index >= 15 is 0 Å². The number of hydrogen-bond acceptors (Lipinski definition) is 4. The van der Waals surface area contributed by atoms with Crippen molar-refractivity contribution in [1.29, 1.82) is 0 Å². The van der Waals surface area contributed by atoms with Crippen molar-refractivity contribution in [2.24, 2.45) is 0 Å². The van der Waals surface area contributed by atoms with Gasteiger partial charge in [-0.1, -0.05) is 43.3 Å². The lowest BCUT2D eigenvalue weighted by molar-refractivity contribution is 0.306. The van der Waals surface area contributed by atoms with Gasteiger partial charge in [0.25, 0.3) is 10.1 Å². The summed E-state index contributed by atoms with van der Waals surface area (Å²) in [5.41, 5.74) is 3.40. The number of ether oxygens (including phenoxy) is 2. The Morgan fingerprint density at radius 3 is 2.04 bits per heavy atom. The SMILES string of the molecule is CCc1ccc(COc2ccc(-c3ccc(OC)cc3S(=O)(=O)O)cc2)cc1. The average Bonchev–Trinajstić information content (AvgIpc) is 2.72. The first-order valence-electron chi connectivity index (χ1n) is 8.87. The Balaban J connectivity index is 1.79. The van der Waals surface area contributed by atoms with E-state index in [1.165, 1.54) is 18.7 Å². The highest BCUT2D eigenvalue weighted by Gasteiger charge is 2.18. The maximum absolute atomic E-state index is 11.7. The minimum Gasteiger partial charge on any atom is -0.497 e. The minimum atomic E-state index is -4.39. The minimum absolute atomic E-state index is 0.198. The van der Waals surface area contributed by atoms with Gasteiger partial charge in [0.1, 0.15) is 23.0 Å². The molecule has 146 valence electrons. The van der Waals surface area contributed by atoms with E-state index in [4.69, 9.17) is 9.47 Å². The highest BCUT2D eigenvalue weighted by Crippen LogP contribution is 2.31. The van der Waals surface area contributed by atoms with Gasteiger partial charge in [0.2, 0.25) is 0 Å². The Morgan fingerprint density at radius 1 is 0.857 bits per heavy atom. The van der Waals surface area contributed by atoms with Crippen LogP contribution in [0, 0.1) is 0 Å². The lowest BCUT2D eigenvalue weighted by Gasteiger charge is -2.11. The zero-order valence-electron chi connectivity index (χ0n) is 15.8. The van der Waals surface area contributed by atoms with Gasteiger partial charge in [0, 0.05) is 11.6 Å². The van der Waals surface area contributed by atoms with Crippen LogP contribution in [0.4, 0.5) is 0 Å². The summed E-state index contributed by atoms with van der Waals surface area (Å²) in [5, 5.41) is 0. The zero-order valence-corrected chi connectivity index (χ0v) is 16.6. The van der Waals surface area contributed by atoms with E-state index in [1.54, 1.807) is 36.4 Å². The molecule has 5 nitrogen and oxygen atoms in total. The third-order valence-corrected chi connectivity index (χ3v) is 5.36. The van der Waals surface area contributed by atoms with E-state index in [0.717, 1.165) is 12.0 Å². The molecule has 0 spiro atoms. The highest BCUT2D eigenvalue weighted by atomic mass is 32.2. The standard InChI is InChI=1S/C22H22O5S/c1-3-16-4-6-17(7-5-16)15-27-19-10-8-18(9-11-19)21-13-12-20(26-2)14-22(21)28(23,24)25/h4-14H,3,15H2,1-2H3,(H,23,24,25). The van der Waals surface area contributed by atoms with E-state index in [-0.39, 0.29) is 4.90 Å². The maximum atomic E-state index is 11.7. The van der Waals surface area contributed by atoms with Gasteiger partial charge in [0.15, 0.2) is 0 Å². The van der Waals surface area contributed by atoms with Crippen molar-refractivity contribution in [3.63, 3.8) is 0 Å². The molecule has 3 rings (SSSR count). The van der Waals surface area contributed by atoms with Crippen molar-refractivity contribution in [3.8, 4) is 22.6 Å². The molecule has 0 aliphatic heterocycles. The smallest absolute Gasteiger partial charge is 0.295 e. The average molecular weight is 398 g/mol. The maximum Gasteiger partial charge on any atom is 0.295 e. The molecule has 0 fully saturated rings. The lowest BCUT2D eigenvalue weighted by atomic mass is 10.1. The summed E-state index contributed by atoms with van der Waals surface area (Å²) < 4.78 is 43.9. The van der Waals surface area contributed by atoms with Crippen LogP contribution in [0.5, 0.6) is 11.5 Å². The van der Waals surface area contributed by atoms with E-state index in [9.17, 15) is 13.0 Å². The topological polar surface area (TPSA) is 72.8 Å². The van der Waals surface area contributed by atoms with Crippen LogP contribution in [0.15, 0.2) is 71.6 Å². The quantitative estimate of drug-likeness (QED) is 0.582. The van der Waals surface area contributed by atoms with Gasteiger partial charge in [-0.3, -0.25) is 4.55 Å². The Hall–Kier alpha value is -2.83. The summed E-state index contributed by atoms with van der Waals surface area (Å²) in [5.74, 6) is 1.02. The summed E-state index contributed by atoms with van der Waals surface area (Å²) >= 11 is 0. The highest BCUT2D eigenvalue weighted by molar-refractivity contribution is 7.86. The van der Waals surface area contributed by atoms with Crippen LogP contribution >= 0.6 is 0 Å². The van der Waals surface area contributed by atoms with Gasteiger partial charge in [0.05, 0.1) is 7.11 Å². The second-order valence-corrected chi connectivity index (χ2v) is 7.71. The molecule has 0 aliphatic rings. The predicted molar refractivity (Wildman–Crippen MR) is 108 cm³/mol. The lowest BCUT2D eigenvalue weighted by Crippen LogP contribution is -2.01. The summed E-state index contributed by atoms with van der Waals surface area (Å²) in [7, 11) is -2.95. The molecular weight excluding hydrogens is 376 g/mol. The van der Waals surface area contributed by atoms with Crippen LogP contribution < -0.4 is 9.47 Å². The van der Waals surface area contributed by atoms with Gasteiger partial charge < -0.3 is 9.47 Å². The number of benzene rings is 3. The molecule has 0 aliphatic carbocycles. The van der Waals surface area contributed by atoms with E-state index in [2.05, 4.69) is 19.1 Å².